The average molecular weight is 691 g/mol. The van der Waals surface area contributed by atoms with Crippen molar-refractivity contribution in [2.45, 2.75) is 103 Å². The highest BCUT2D eigenvalue weighted by molar-refractivity contribution is 6.77. The van der Waals surface area contributed by atoms with Gasteiger partial charge in [-0.15, -0.1) is 0 Å². The number of fused-ring (bicyclic) bond motifs is 1. The largest absolute Gasteiger partial charge is 0.487 e. The predicted molar refractivity (Wildman–Crippen MR) is 188 cm³/mol. The van der Waals surface area contributed by atoms with E-state index < -0.39 is 20.3 Å². The van der Waals surface area contributed by atoms with Crippen molar-refractivity contribution < 1.29 is 18.3 Å². The first-order chi connectivity index (χ1) is 23.5. The molecule has 5 heterocycles. The van der Waals surface area contributed by atoms with Gasteiger partial charge in [-0.25, -0.2) is 18.7 Å². The second kappa shape index (κ2) is 15.0. The molecular weight excluding hydrogens is 643 g/mol. The number of hydrogen-bond acceptors (Lipinski definition) is 8. The van der Waals surface area contributed by atoms with Gasteiger partial charge in [0, 0.05) is 67.4 Å². The van der Waals surface area contributed by atoms with Gasteiger partial charge in [0.15, 0.2) is 0 Å². The van der Waals surface area contributed by atoms with Gasteiger partial charge in [-0.1, -0.05) is 19.6 Å². The van der Waals surface area contributed by atoms with Gasteiger partial charge in [0.2, 0.25) is 0 Å². The number of hydrogen-bond donors (Lipinski definition) is 0. The smallest absolute Gasteiger partial charge is 0.149 e. The van der Waals surface area contributed by atoms with Gasteiger partial charge in [-0.2, -0.15) is 10.4 Å². The Morgan fingerprint density at radius 3 is 2.71 bits per heavy atom. The summed E-state index contributed by atoms with van der Waals surface area (Å²) in [5, 5.41) is 15.2. The number of halogens is 2. The van der Waals surface area contributed by atoms with Crippen molar-refractivity contribution in [1.82, 2.24) is 34.1 Å². The third kappa shape index (κ3) is 8.37. The quantitative estimate of drug-likeness (QED) is 0.145. The molecule has 262 valence electrons. The number of nitrogens with zero attached hydrogens (tertiary/aromatic N) is 8. The van der Waals surface area contributed by atoms with Crippen molar-refractivity contribution in [2.75, 3.05) is 26.2 Å². The van der Waals surface area contributed by atoms with E-state index in [2.05, 4.69) is 59.5 Å². The fraction of sp³-hybridized carbons (Fsp3) is 0.556. The summed E-state index contributed by atoms with van der Waals surface area (Å²) in [6, 6.07) is 9.19. The number of alkyl halides is 1. The van der Waals surface area contributed by atoms with Crippen molar-refractivity contribution in [3.05, 3.63) is 60.6 Å². The Labute approximate surface area is 288 Å². The second-order valence-corrected chi connectivity index (χ2v) is 20.3. The summed E-state index contributed by atoms with van der Waals surface area (Å²) in [4.78, 5) is 13.5. The lowest BCUT2D eigenvalue weighted by Gasteiger charge is -2.36. The van der Waals surface area contributed by atoms with E-state index in [1.54, 1.807) is 23.3 Å². The van der Waals surface area contributed by atoms with Gasteiger partial charge in [0.25, 0.3) is 0 Å². The molecule has 0 saturated carbocycles. The van der Waals surface area contributed by atoms with Gasteiger partial charge in [0.05, 0.1) is 38.5 Å². The maximum Gasteiger partial charge on any atom is 0.149 e. The van der Waals surface area contributed by atoms with Crippen LogP contribution in [0.1, 0.15) is 51.1 Å². The predicted octanol–water partition coefficient (Wildman–Crippen LogP) is 6.60. The van der Waals surface area contributed by atoms with Gasteiger partial charge in [-0.3, -0.25) is 14.5 Å². The molecule has 2 fully saturated rings. The highest BCUT2D eigenvalue weighted by Gasteiger charge is 2.33. The van der Waals surface area contributed by atoms with E-state index in [4.69, 9.17) is 9.47 Å². The molecule has 1 aromatic carbocycles. The Balaban J connectivity index is 1.09. The van der Waals surface area contributed by atoms with E-state index >= 15 is 4.39 Å². The molecular formula is C36H48F2N8O2Si. The fourth-order valence-electron chi connectivity index (χ4n) is 6.75. The second-order valence-electron chi connectivity index (χ2n) is 14.8. The number of piperidine rings is 1. The molecule has 4 unspecified atom stereocenters. The Hall–Kier alpha value is -3.70. The Bertz CT molecular complexity index is 1770. The first-order valence-electron chi connectivity index (χ1n) is 17.4. The van der Waals surface area contributed by atoms with Crippen LogP contribution >= 0.6 is 0 Å². The molecule has 0 bridgehead atoms. The zero-order chi connectivity index (χ0) is 34.7. The van der Waals surface area contributed by atoms with E-state index in [1.165, 1.54) is 6.07 Å². The van der Waals surface area contributed by atoms with Crippen molar-refractivity contribution >= 4 is 19.1 Å². The highest BCUT2D eigenvalue weighted by atomic mass is 28.3. The number of rotatable bonds is 13. The van der Waals surface area contributed by atoms with Crippen LogP contribution in [0.3, 0.4) is 0 Å². The maximum atomic E-state index is 15.6. The summed E-state index contributed by atoms with van der Waals surface area (Å²) >= 11 is 0. The van der Waals surface area contributed by atoms with Gasteiger partial charge in [0.1, 0.15) is 42.5 Å². The molecule has 2 aliphatic heterocycles. The monoisotopic (exact) mass is 690 g/mol. The van der Waals surface area contributed by atoms with Crippen LogP contribution in [-0.2, 0) is 18.0 Å². The maximum absolute atomic E-state index is 15.6. The van der Waals surface area contributed by atoms with Crippen molar-refractivity contribution in [3.63, 3.8) is 0 Å². The highest BCUT2D eigenvalue weighted by Crippen LogP contribution is 2.29. The molecule has 0 N–H and O–H groups in total. The Morgan fingerprint density at radius 2 is 1.98 bits per heavy atom. The summed E-state index contributed by atoms with van der Waals surface area (Å²) in [5.74, 6) is 0.00344. The molecule has 4 aromatic rings. The minimum absolute atomic E-state index is 0.159. The number of likely N-dealkylation sites (tertiary alicyclic amines) is 2. The molecule has 13 heteroatoms. The Kier molecular flexibility index (Phi) is 10.8. The topological polar surface area (TPSA) is 97.3 Å². The number of benzene rings is 1. The molecule has 0 spiro atoms. The Morgan fingerprint density at radius 1 is 1.14 bits per heavy atom. The van der Waals surface area contributed by atoms with E-state index in [1.807, 2.05) is 34.0 Å². The summed E-state index contributed by atoms with van der Waals surface area (Å²) in [5.41, 5.74) is 3.39. The summed E-state index contributed by atoms with van der Waals surface area (Å²) in [7, 11) is -1.44. The fourth-order valence-corrected chi connectivity index (χ4v) is 7.32. The van der Waals surface area contributed by atoms with E-state index in [-0.39, 0.29) is 30.6 Å². The standard InChI is InChI=1S/C36H48F2N8O2Si/c1-25-7-6-12-44(25)19-27-15-29(37)17-31(16-27)48-34-10-13-43(22-33(34)38)21-30(8-11-39)46-20-28(18-42-46)35-32-9-14-45(36(32)41-23-40-35)24-47-26(2)49(3,4)5/h9,14-18,20,23,25-26,30,33-34H,6-8,10,12-13,19,21-22,24H2,1-5H3/t25-,26?,30?,33?,34?/m1/s1. The molecule has 5 atom stereocenters. The zero-order valence-corrected chi connectivity index (χ0v) is 30.2. The first kappa shape index (κ1) is 35.1. The number of nitriles is 1. The SMILES string of the molecule is CC(OCn1ccc2c(-c3cnn(C(CC#N)CN4CCC(Oc5cc(F)cc(CN6CCC[C@H]6C)c5)C(F)C4)c3)ncnc21)[Si](C)(C)C. The van der Waals surface area contributed by atoms with Crippen molar-refractivity contribution in [2.24, 2.45) is 0 Å². The van der Waals surface area contributed by atoms with E-state index in [9.17, 15) is 9.65 Å². The van der Waals surface area contributed by atoms with Crippen LogP contribution in [-0.4, -0.2) is 92.4 Å². The molecule has 2 aliphatic rings. The van der Waals surface area contributed by atoms with Crippen molar-refractivity contribution in [3.8, 4) is 23.1 Å². The van der Waals surface area contributed by atoms with Gasteiger partial charge >= 0.3 is 0 Å². The third-order valence-electron chi connectivity index (χ3n) is 10.1. The lowest BCUT2D eigenvalue weighted by atomic mass is 10.0. The van der Waals surface area contributed by atoms with Crippen LogP contribution in [0.2, 0.25) is 19.6 Å². The van der Waals surface area contributed by atoms with Crippen LogP contribution < -0.4 is 4.74 Å². The third-order valence-corrected chi connectivity index (χ3v) is 12.8. The molecule has 0 amide bonds. The summed E-state index contributed by atoms with van der Waals surface area (Å²) in [6.07, 6.45) is 8.21. The molecule has 10 nitrogen and oxygen atoms in total. The minimum Gasteiger partial charge on any atom is -0.487 e. The molecule has 0 radical (unpaired) electrons. The van der Waals surface area contributed by atoms with Crippen LogP contribution in [0, 0.1) is 17.1 Å². The van der Waals surface area contributed by atoms with Crippen LogP contribution in [0.25, 0.3) is 22.3 Å². The lowest BCUT2D eigenvalue weighted by Crippen LogP contribution is -2.48. The number of ether oxygens (including phenoxy) is 2. The molecule has 6 rings (SSSR count). The average Bonchev–Trinajstić information content (AvgIpc) is 3.81. The molecule has 0 aliphatic carbocycles. The molecule has 49 heavy (non-hydrogen) atoms. The van der Waals surface area contributed by atoms with Gasteiger partial charge in [-0.05, 0) is 63.4 Å². The van der Waals surface area contributed by atoms with Gasteiger partial charge < -0.3 is 14.0 Å². The number of aromatic nitrogens is 5. The van der Waals surface area contributed by atoms with Crippen LogP contribution in [0.15, 0.2) is 49.2 Å². The van der Waals surface area contributed by atoms with Crippen molar-refractivity contribution in [1.29, 1.82) is 5.26 Å². The first-order valence-corrected chi connectivity index (χ1v) is 21.0. The molecule has 3 aromatic heterocycles. The van der Waals surface area contributed by atoms with E-state index in [0.717, 1.165) is 47.2 Å². The summed E-state index contributed by atoms with van der Waals surface area (Å²) < 4.78 is 46.1. The lowest BCUT2D eigenvalue weighted by molar-refractivity contribution is 0.0167. The van der Waals surface area contributed by atoms with Crippen LogP contribution in [0.4, 0.5) is 8.78 Å². The normalized spacial score (nSPS) is 22.0. The zero-order valence-electron chi connectivity index (χ0n) is 29.2. The van der Waals surface area contributed by atoms with E-state index in [0.29, 0.717) is 44.6 Å². The minimum atomic E-state index is -1.44. The summed E-state index contributed by atoms with van der Waals surface area (Å²) in [6.45, 7) is 14.5. The van der Waals surface area contributed by atoms with Crippen LogP contribution in [0.5, 0.6) is 5.75 Å². The molecule has 2 saturated heterocycles.